The third-order valence-electron chi connectivity index (χ3n) is 3.73. The minimum Gasteiger partial charge on any atom is -0.491 e. The summed E-state index contributed by atoms with van der Waals surface area (Å²) in [7, 11) is 3.21. The highest BCUT2D eigenvalue weighted by Crippen LogP contribution is 2.19. The number of hydrogen-bond acceptors (Lipinski definition) is 6. The molecule has 0 bridgehead atoms. The van der Waals surface area contributed by atoms with E-state index in [1.807, 2.05) is 24.3 Å². The number of carbonyl (C=O) groups excluding carboxylic acids is 1. The summed E-state index contributed by atoms with van der Waals surface area (Å²) >= 11 is 0. The first-order valence-corrected chi connectivity index (χ1v) is 9.06. The van der Waals surface area contributed by atoms with Crippen LogP contribution in [-0.4, -0.2) is 53.1 Å². The molecule has 2 rings (SSSR count). The van der Waals surface area contributed by atoms with Crippen molar-refractivity contribution in [3.05, 3.63) is 54.1 Å². The van der Waals surface area contributed by atoms with Gasteiger partial charge in [-0.05, 0) is 42.0 Å². The summed E-state index contributed by atoms with van der Waals surface area (Å²) in [6, 6.07) is 14.9. The molecule has 0 unspecified atom stereocenters. The van der Waals surface area contributed by atoms with Crippen LogP contribution in [0.2, 0.25) is 0 Å². The fourth-order valence-corrected chi connectivity index (χ4v) is 2.16. The number of methoxy groups -OCH3 is 1. The summed E-state index contributed by atoms with van der Waals surface area (Å²) in [5.41, 5.74) is 1.03. The molecule has 1 N–H and O–H groups in total. The van der Waals surface area contributed by atoms with E-state index < -0.39 is 0 Å². The predicted octanol–water partition coefficient (Wildman–Crippen LogP) is 2.43. The zero-order valence-corrected chi connectivity index (χ0v) is 16.3. The first-order valence-electron chi connectivity index (χ1n) is 9.06. The van der Waals surface area contributed by atoms with E-state index in [0.717, 1.165) is 17.1 Å². The second-order valence-electron chi connectivity index (χ2n) is 5.82. The van der Waals surface area contributed by atoms with Crippen LogP contribution in [0.25, 0.3) is 0 Å². The first-order chi connectivity index (χ1) is 13.7. The Balaban J connectivity index is 1.69. The van der Waals surface area contributed by atoms with E-state index in [4.69, 9.17) is 23.7 Å². The summed E-state index contributed by atoms with van der Waals surface area (Å²) in [4.78, 5) is 11.2. The quantitative estimate of drug-likeness (QED) is 0.531. The minimum absolute atomic E-state index is 0.00952. The van der Waals surface area contributed by atoms with Gasteiger partial charge in [-0.3, -0.25) is 4.79 Å². The molecule has 0 heterocycles. The molecule has 0 aromatic heterocycles. The number of carbonyl (C=O) groups is 1. The molecule has 0 spiro atoms. The van der Waals surface area contributed by atoms with Crippen LogP contribution in [0.4, 0.5) is 0 Å². The standard InChI is InChI=1S/C21H27NO6/c1-22-21(23)16-28-20-9-7-19(8-10-20)27-15-17-3-5-18(6-4-17)26-14-13-25-12-11-24-2/h3-10H,11-16H2,1-2H3,(H,22,23). The van der Waals surface area contributed by atoms with Crippen molar-refractivity contribution in [2.24, 2.45) is 0 Å². The van der Waals surface area contributed by atoms with Crippen LogP contribution in [0, 0.1) is 0 Å². The maximum absolute atomic E-state index is 11.2. The van der Waals surface area contributed by atoms with Crippen molar-refractivity contribution in [1.29, 1.82) is 0 Å². The van der Waals surface area contributed by atoms with Crippen molar-refractivity contribution in [1.82, 2.24) is 5.32 Å². The summed E-state index contributed by atoms with van der Waals surface area (Å²) < 4.78 is 27.0. The van der Waals surface area contributed by atoms with Gasteiger partial charge < -0.3 is 29.0 Å². The second kappa shape index (κ2) is 12.6. The summed E-state index contributed by atoms with van der Waals surface area (Å²) in [6.07, 6.45) is 0. The molecule has 2 aromatic rings. The summed E-state index contributed by atoms with van der Waals surface area (Å²) in [5, 5.41) is 2.50. The lowest BCUT2D eigenvalue weighted by Gasteiger charge is -2.10. The first kappa shape index (κ1) is 21.5. The monoisotopic (exact) mass is 389 g/mol. The Bertz CT molecular complexity index is 687. The van der Waals surface area contributed by atoms with Gasteiger partial charge in [-0.25, -0.2) is 0 Å². The number of nitrogens with one attached hydrogen (secondary N) is 1. The maximum atomic E-state index is 11.2. The molecule has 0 radical (unpaired) electrons. The Morgan fingerprint density at radius 2 is 1.36 bits per heavy atom. The maximum Gasteiger partial charge on any atom is 0.257 e. The molecule has 2 aromatic carbocycles. The lowest BCUT2D eigenvalue weighted by atomic mass is 10.2. The zero-order valence-electron chi connectivity index (χ0n) is 16.3. The number of likely N-dealkylation sites (N-methyl/N-ethyl adjacent to an activating group) is 1. The van der Waals surface area contributed by atoms with E-state index in [1.165, 1.54) is 0 Å². The lowest BCUT2D eigenvalue weighted by Crippen LogP contribution is -2.24. The van der Waals surface area contributed by atoms with Gasteiger partial charge in [0.2, 0.25) is 0 Å². The summed E-state index contributed by atoms with van der Waals surface area (Å²) in [6.45, 7) is 2.60. The lowest BCUT2D eigenvalue weighted by molar-refractivity contribution is -0.122. The smallest absolute Gasteiger partial charge is 0.257 e. The Morgan fingerprint density at radius 3 is 2.00 bits per heavy atom. The average molecular weight is 389 g/mol. The molecule has 0 aliphatic carbocycles. The van der Waals surface area contributed by atoms with E-state index in [9.17, 15) is 4.79 Å². The van der Waals surface area contributed by atoms with Gasteiger partial charge in [-0.1, -0.05) is 12.1 Å². The van der Waals surface area contributed by atoms with Crippen molar-refractivity contribution >= 4 is 5.91 Å². The Labute approximate surface area is 165 Å². The Hall–Kier alpha value is -2.77. The van der Waals surface area contributed by atoms with Crippen LogP contribution in [0.15, 0.2) is 48.5 Å². The molecule has 0 saturated heterocycles. The van der Waals surface area contributed by atoms with Gasteiger partial charge in [-0.2, -0.15) is 0 Å². The van der Waals surface area contributed by atoms with Crippen molar-refractivity contribution in [2.75, 3.05) is 47.2 Å². The third kappa shape index (κ3) is 8.28. The van der Waals surface area contributed by atoms with Crippen molar-refractivity contribution in [3.63, 3.8) is 0 Å². The molecule has 0 aliphatic rings. The van der Waals surface area contributed by atoms with Gasteiger partial charge in [0.05, 0.1) is 19.8 Å². The SMILES string of the molecule is CNC(=O)COc1ccc(OCc2ccc(OCCOCCOC)cc2)cc1. The van der Waals surface area contributed by atoms with Crippen molar-refractivity contribution in [3.8, 4) is 17.2 Å². The summed E-state index contributed by atoms with van der Waals surface area (Å²) in [5.74, 6) is 1.95. The highest BCUT2D eigenvalue weighted by molar-refractivity contribution is 5.77. The van der Waals surface area contributed by atoms with Crippen molar-refractivity contribution < 1.29 is 28.5 Å². The molecule has 1 amide bonds. The van der Waals surface area contributed by atoms with Crippen LogP contribution in [0.1, 0.15) is 5.56 Å². The third-order valence-corrected chi connectivity index (χ3v) is 3.73. The molecular weight excluding hydrogens is 362 g/mol. The van der Waals surface area contributed by atoms with Crippen LogP contribution >= 0.6 is 0 Å². The van der Waals surface area contributed by atoms with Crippen LogP contribution in [0.5, 0.6) is 17.2 Å². The fraction of sp³-hybridized carbons (Fsp3) is 0.381. The van der Waals surface area contributed by atoms with Gasteiger partial charge in [0.25, 0.3) is 5.91 Å². The molecule has 0 atom stereocenters. The number of hydrogen-bond donors (Lipinski definition) is 1. The number of ether oxygens (including phenoxy) is 5. The van der Waals surface area contributed by atoms with Gasteiger partial charge in [0, 0.05) is 14.2 Å². The number of amides is 1. The topological polar surface area (TPSA) is 75.3 Å². The molecule has 152 valence electrons. The molecule has 0 aliphatic heterocycles. The Morgan fingerprint density at radius 1 is 0.786 bits per heavy atom. The molecule has 7 nitrogen and oxygen atoms in total. The normalized spacial score (nSPS) is 10.4. The fourth-order valence-electron chi connectivity index (χ4n) is 2.16. The highest BCUT2D eigenvalue weighted by Gasteiger charge is 2.02. The van der Waals surface area contributed by atoms with E-state index in [1.54, 1.807) is 38.4 Å². The van der Waals surface area contributed by atoms with Crippen LogP contribution < -0.4 is 19.5 Å². The number of rotatable bonds is 13. The molecule has 28 heavy (non-hydrogen) atoms. The zero-order chi connectivity index (χ0) is 20.0. The predicted molar refractivity (Wildman–Crippen MR) is 105 cm³/mol. The van der Waals surface area contributed by atoms with Gasteiger partial charge in [-0.15, -0.1) is 0 Å². The minimum atomic E-state index is -0.175. The van der Waals surface area contributed by atoms with E-state index in [-0.39, 0.29) is 12.5 Å². The van der Waals surface area contributed by atoms with Gasteiger partial charge in [0.1, 0.15) is 30.5 Å². The number of benzene rings is 2. The average Bonchev–Trinajstić information content (AvgIpc) is 2.74. The van der Waals surface area contributed by atoms with E-state index in [0.29, 0.717) is 38.8 Å². The Kier molecular flexibility index (Phi) is 9.68. The van der Waals surface area contributed by atoms with Crippen molar-refractivity contribution in [2.45, 2.75) is 6.61 Å². The van der Waals surface area contributed by atoms with Crippen LogP contribution in [-0.2, 0) is 20.9 Å². The van der Waals surface area contributed by atoms with E-state index in [2.05, 4.69) is 5.32 Å². The largest absolute Gasteiger partial charge is 0.491 e. The highest BCUT2D eigenvalue weighted by atomic mass is 16.5. The van der Waals surface area contributed by atoms with Gasteiger partial charge in [0.15, 0.2) is 6.61 Å². The molecule has 0 fully saturated rings. The van der Waals surface area contributed by atoms with Crippen LogP contribution in [0.3, 0.4) is 0 Å². The molecule has 0 saturated carbocycles. The molecular formula is C21H27NO6. The van der Waals surface area contributed by atoms with Gasteiger partial charge >= 0.3 is 0 Å². The molecule has 7 heteroatoms. The van der Waals surface area contributed by atoms with E-state index >= 15 is 0 Å². The second-order valence-corrected chi connectivity index (χ2v) is 5.82.